The van der Waals surface area contributed by atoms with E-state index in [4.69, 9.17) is 9.47 Å². The second-order valence-corrected chi connectivity index (χ2v) is 5.90. The van der Waals surface area contributed by atoms with Gasteiger partial charge in [-0.05, 0) is 29.8 Å². The number of rotatable bonds is 2. The van der Waals surface area contributed by atoms with E-state index in [1.165, 1.54) is 10.6 Å². The Morgan fingerprint density at radius 3 is 2.73 bits per heavy atom. The van der Waals surface area contributed by atoms with Crippen molar-refractivity contribution >= 4 is 5.65 Å². The molecule has 0 saturated heterocycles. The summed E-state index contributed by atoms with van der Waals surface area (Å²) in [5, 5.41) is 2.96. The molecule has 0 radical (unpaired) electrons. The first-order valence-electron chi connectivity index (χ1n) is 8.22. The molecule has 0 bridgehead atoms. The van der Waals surface area contributed by atoms with Gasteiger partial charge in [-0.2, -0.15) is 0 Å². The maximum atomic E-state index is 12.5. The fourth-order valence-electron chi connectivity index (χ4n) is 3.05. The molecule has 5 rings (SSSR count). The smallest absolute Gasteiger partial charge is 0.273 e. The van der Waals surface area contributed by atoms with Gasteiger partial charge in [-0.25, -0.2) is 9.50 Å². The Kier molecular flexibility index (Phi) is 3.24. The van der Waals surface area contributed by atoms with Crippen LogP contribution >= 0.6 is 0 Å². The van der Waals surface area contributed by atoms with Crippen molar-refractivity contribution in [3.05, 3.63) is 65.2 Å². The first-order valence-corrected chi connectivity index (χ1v) is 8.22. The summed E-state index contributed by atoms with van der Waals surface area (Å²) in [7, 11) is 0. The summed E-state index contributed by atoms with van der Waals surface area (Å²) >= 11 is 0. The van der Waals surface area contributed by atoms with Crippen LogP contribution in [0.3, 0.4) is 0 Å². The fraction of sp³-hybridized carbons (Fsp3) is 0.105. The zero-order valence-corrected chi connectivity index (χ0v) is 13.7. The Labute approximate surface area is 147 Å². The summed E-state index contributed by atoms with van der Waals surface area (Å²) in [6, 6.07) is 12.7. The van der Waals surface area contributed by atoms with Crippen molar-refractivity contribution in [2.75, 3.05) is 13.2 Å². The number of fused-ring (bicyclic) bond motifs is 2. The highest BCUT2D eigenvalue weighted by atomic mass is 16.6. The molecule has 0 spiro atoms. The van der Waals surface area contributed by atoms with Crippen LogP contribution in [0.2, 0.25) is 0 Å². The molecule has 3 aromatic heterocycles. The van der Waals surface area contributed by atoms with Crippen molar-refractivity contribution in [3.8, 4) is 34.0 Å². The van der Waals surface area contributed by atoms with E-state index in [1.807, 2.05) is 36.4 Å². The number of hydrogen-bond donors (Lipinski definition) is 1. The van der Waals surface area contributed by atoms with Gasteiger partial charge in [0.25, 0.3) is 5.56 Å². The van der Waals surface area contributed by atoms with Crippen molar-refractivity contribution in [2.24, 2.45) is 0 Å². The van der Waals surface area contributed by atoms with Crippen LogP contribution in [0.4, 0.5) is 0 Å². The predicted molar refractivity (Wildman–Crippen MR) is 95.5 cm³/mol. The first kappa shape index (κ1) is 14.7. The number of nitrogens with one attached hydrogen (secondary N) is 1. The maximum absolute atomic E-state index is 12.5. The molecule has 4 heterocycles. The second-order valence-electron chi connectivity index (χ2n) is 5.90. The zero-order valence-electron chi connectivity index (χ0n) is 13.7. The summed E-state index contributed by atoms with van der Waals surface area (Å²) in [6.45, 7) is 1.07. The van der Waals surface area contributed by atoms with Gasteiger partial charge in [0.15, 0.2) is 17.1 Å². The quantitative estimate of drug-likeness (QED) is 0.603. The summed E-state index contributed by atoms with van der Waals surface area (Å²) < 4.78 is 12.6. The molecule has 7 heteroatoms. The van der Waals surface area contributed by atoms with Gasteiger partial charge in [-0.15, -0.1) is 0 Å². The highest BCUT2D eigenvalue weighted by molar-refractivity contribution is 5.79. The number of ether oxygens (including phenoxy) is 2. The van der Waals surface area contributed by atoms with Gasteiger partial charge in [0.05, 0.1) is 11.4 Å². The van der Waals surface area contributed by atoms with Crippen LogP contribution in [0.15, 0.2) is 59.7 Å². The van der Waals surface area contributed by atoms with Crippen molar-refractivity contribution in [1.82, 2.24) is 19.6 Å². The molecule has 1 aliphatic rings. The van der Waals surface area contributed by atoms with Gasteiger partial charge in [0.1, 0.15) is 13.2 Å². The fourth-order valence-corrected chi connectivity index (χ4v) is 3.05. The van der Waals surface area contributed by atoms with Crippen LogP contribution in [-0.4, -0.2) is 32.8 Å². The molecule has 4 aromatic rings. The molecule has 1 N–H and O–H groups in total. The van der Waals surface area contributed by atoms with Gasteiger partial charge < -0.3 is 9.47 Å². The summed E-state index contributed by atoms with van der Waals surface area (Å²) in [4.78, 5) is 21.4. The van der Waals surface area contributed by atoms with E-state index >= 15 is 0 Å². The molecule has 0 unspecified atom stereocenters. The number of H-pyrrole nitrogens is 1. The number of benzene rings is 1. The standard InChI is InChI=1S/C19H14N4O3/c24-18-10-15(14-3-1-2-6-20-14)22-19-13(11-21-23(18)19)12-4-5-16-17(9-12)26-8-7-25-16/h1-6,9-11,21H,7-8H2. The van der Waals surface area contributed by atoms with Crippen LogP contribution in [0.25, 0.3) is 28.2 Å². The number of pyridine rings is 1. The minimum atomic E-state index is -0.195. The largest absolute Gasteiger partial charge is 0.486 e. The van der Waals surface area contributed by atoms with E-state index in [1.54, 1.807) is 12.4 Å². The number of nitrogens with zero attached hydrogens (tertiary/aromatic N) is 3. The van der Waals surface area contributed by atoms with Crippen molar-refractivity contribution in [3.63, 3.8) is 0 Å². The van der Waals surface area contributed by atoms with E-state index in [9.17, 15) is 4.79 Å². The van der Waals surface area contributed by atoms with Gasteiger partial charge in [0, 0.05) is 24.0 Å². The van der Waals surface area contributed by atoms with E-state index in [-0.39, 0.29) is 5.56 Å². The van der Waals surface area contributed by atoms with Crippen LogP contribution in [-0.2, 0) is 0 Å². The van der Waals surface area contributed by atoms with Crippen LogP contribution in [0.1, 0.15) is 0 Å². The van der Waals surface area contributed by atoms with Gasteiger partial charge in [-0.1, -0.05) is 12.1 Å². The van der Waals surface area contributed by atoms with Crippen molar-refractivity contribution in [2.45, 2.75) is 0 Å². The third kappa shape index (κ3) is 2.33. The second kappa shape index (κ2) is 5.73. The lowest BCUT2D eigenvalue weighted by atomic mass is 10.1. The van der Waals surface area contributed by atoms with Crippen LogP contribution in [0.5, 0.6) is 11.5 Å². The molecule has 0 saturated carbocycles. The van der Waals surface area contributed by atoms with Gasteiger partial charge in [0.2, 0.25) is 0 Å². The minimum absolute atomic E-state index is 0.195. The van der Waals surface area contributed by atoms with Gasteiger partial charge >= 0.3 is 0 Å². The Morgan fingerprint density at radius 1 is 1.00 bits per heavy atom. The predicted octanol–water partition coefficient (Wildman–Crippen LogP) is 2.52. The first-order chi connectivity index (χ1) is 12.8. The van der Waals surface area contributed by atoms with Crippen LogP contribution < -0.4 is 15.0 Å². The molecular weight excluding hydrogens is 332 g/mol. The Bertz CT molecular complexity index is 1160. The molecule has 0 aliphatic carbocycles. The molecule has 0 atom stereocenters. The lowest BCUT2D eigenvalue weighted by Crippen LogP contribution is -2.15. The van der Waals surface area contributed by atoms with E-state index in [2.05, 4.69) is 15.1 Å². The van der Waals surface area contributed by atoms with Crippen molar-refractivity contribution < 1.29 is 9.47 Å². The monoisotopic (exact) mass is 346 g/mol. The minimum Gasteiger partial charge on any atom is -0.486 e. The average Bonchev–Trinajstić information content (AvgIpc) is 3.13. The van der Waals surface area contributed by atoms with Crippen LogP contribution in [0, 0.1) is 0 Å². The number of aromatic nitrogens is 4. The molecule has 0 amide bonds. The van der Waals surface area contributed by atoms with E-state index < -0.39 is 0 Å². The third-order valence-corrected chi connectivity index (χ3v) is 4.28. The Balaban J connectivity index is 1.69. The van der Waals surface area contributed by atoms with E-state index in [0.29, 0.717) is 36.0 Å². The SMILES string of the molecule is O=c1cc(-c2ccccn2)nc2c(-c3ccc4c(c3)OCCO4)c[nH]n12. The highest BCUT2D eigenvalue weighted by Gasteiger charge is 2.16. The average molecular weight is 346 g/mol. The molecule has 26 heavy (non-hydrogen) atoms. The molecule has 1 aliphatic heterocycles. The molecule has 128 valence electrons. The normalized spacial score (nSPS) is 13.1. The maximum Gasteiger partial charge on any atom is 0.273 e. The number of hydrogen-bond acceptors (Lipinski definition) is 5. The molecule has 0 fully saturated rings. The Hall–Kier alpha value is -3.61. The molecule has 7 nitrogen and oxygen atoms in total. The lowest BCUT2D eigenvalue weighted by molar-refractivity contribution is 0.171. The molecule has 1 aromatic carbocycles. The lowest BCUT2D eigenvalue weighted by Gasteiger charge is -2.18. The Morgan fingerprint density at radius 2 is 1.88 bits per heavy atom. The van der Waals surface area contributed by atoms with Crippen molar-refractivity contribution in [1.29, 1.82) is 0 Å². The molecular formula is C19H14N4O3. The summed E-state index contributed by atoms with van der Waals surface area (Å²) in [5.74, 6) is 1.41. The zero-order chi connectivity index (χ0) is 17.5. The highest BCUT2D eigenvalue weighted by Crippen LogP contribution is 2.35. The van der Waals surface area contributed by atoms with Gasteiger partial charge in [-0.3, -0.25) is 14.9 Å². The van der Waals surface area contributed by atoms with E-state index in [0.717, 1.165) is 16.9 Å². The number of aromatic amines is 1. The third-order valence-electron chi connectivity index (χ3n) is 4.28. The summed E-state index contributed by atoms with van der Waals surface area (Å²) in [6.07, 6.45) is 3.44. The topological polar surface area (TPSA) is 81.5 Å². The summed E-state index contributed by atoms with van der Waals surface area (Å²) in [5.41, 5.74) is 3.22.